The number of nitrogens with one attached hydrogen (secondary N) is 2. The van der Waals surface area contributed by atoms with Crippen LogP contribution < -0.4 is 10.6 Å². The number of carbonyl (C=O) groups is 2. The first-order valence-corrected chi connectivity index (χ1v) is 6.70. The Bertz CT molecular complexity index is 395. The van der Waals surface area contributed by atoms with Crippen LogP contribution in [0, 0.1) is 0 Å². The topological polar surface area (TPSA) is 67.4 Å². The Balaban J connectivity index is 2.22. The quantitative estimate of drug-likeness (QED) is 0.814. The van der Waals surface area contributed by atoms with Crippen molar-refractivity contribution < 1.29 is 14.3 Å². The van der Waals surface area contributed by atoms with Crippen LogP contribution in [0.4, 0.5) is 4.79 Å². The van der Waals surface area contributed by atoms with E-state index in [2.05, 4.69) is 31.3 Å². The van der Waals surface area contributed by atoms with Crippen LogP contribution in [-0.2, 0) is 16.1 Å². The lowest BCUT2D eigenvalue weighted by atomic mass is 10.5. The van der Waals surface area contributed by atoms with E-state index in [1.54, 1.807) is 18.3 Å². The Morgan fingerprint density at radius 3 is 2.82 bits per heavy atom. The molecular weight excluding hydrogens is 308 g/mol. The third-order valence-electron chi connectivity index (χ3n) is 1.80. The molecule has 17 heavy (non-hydrogen) atoms. The first-order valence-electron chi connectivity index (χ1n) is 5.02. The van der Waals surface area contributed by atoms with E-state index in [1.807, 2.05) is 11.4 Å². The fraction of sp³-hybridized carbons (Fsp3) is 0.400. The van der Waals surface area contributed by atoms with Gasteiger partial charge in [0.15, 0.2) is 0 Å². The molecule has 0 aromatic carbocycles. The van der Waals surface area contributed by atoms with Crippen molar-refractivity contribution in [2.75, 3.05) is 13.2 Å². The number of hydrogen-bond acceptors (Lipinski definition) is 4. The SMILES string of the molecule is CCOC(=O)CNC(=O)NCc1sccc1Br. The highest BCUT2D eigenvalue weighted by Crippen LogP contribution is 2.21. The first-order chi connectivity index (χ1) is 8.13. The van der Waals surface area contributed by atoms with Gasteiger partial charge in [0.2, 0.25) is 0 Å². The van der Waals surface area contributed by atoms with Crippen molar-refractivity contribution in [1.82, 2.24) is 10.6 Å². The van der Waals surface area contributed by atoms with Crippen molar-refractivity contribution in [2.24, 2.45) is 0 Å². The third kappa shape index (κ3) is 5.18. The normalized spacial score (nSPS) is 9.76. The van der Waals surface area contributed by atoms with Crippen LogP contribution in [-0.4, -0.2) is 25.2 Å². The first kappa shape index (κ1) is 14.0. The molecule has 0 atom stereocenters. The zero-order valence-corrected chi connectivity index (χ0v) is 11.7. The van der Waals surface area contributed by atoms with Crippen molar-refractivity contribution in [3.05, 3.63) is 20.8 Å². The molecule has 0 aliphatic carbocycles. The highest BCUT2D eigenvalue weighted by Gasteiger charge is 2.06. The average molecular weight is 321 g/mol. The van der Waals surface area contributed by atoms with Gasteiger partial charge in [-0.05, 0) is 34.3 Å². The summed E-state index contributed by atoms with van der Waals surface area (Å²) in [6, 6.07) is 1.52. The van der Waals surface area contributed by atoms with Crippen molar-refractivity contribution in [3.63, 3.8) is 0 Å². The fourth-order valence-electron chi connectivity index (χ4n) is 1.04. The molecule has 0 radical (unpaired) electrons. The molecule has 5 nitrogen and oxygen atoms in total. The van der Waals surface area contributed by atoms with Gasteiger partial charge in [-0.1, -0.05) is 0 Å². The maximum Gasteiger partial charge on any atom is 0.325 e. The highest BCUT2D eigenvalue weighted by atomic mass is 79.9. The number of rotatable bonds is 5. The van der Waals surface area contributed by atoms with Gasteiger partial charge in [-0.2, -0.15) is 0 Å². The van der Waals surface area contributed by atoms with Crippen molar-refractivity contribution in [3.8, 4) is 0 Å². The molecule has 0 spiro atoms. The van der Waals surface area contributed by atoms with Crippen LogP contribution in [0.1, 0.15) is 11.8 Å². The molecule has 0 unspecified atom stereocenters. The molecule has 1 heterocycles. The minimum atomic E-state index is -0.444. The Hall–Kier alpha value is -1.08. The molecule has 0 aliphatic heterocycles. The second-order valence-corrected chi connectivity index (χ2v) is 4.89. The lowest BCUT2D eigenvalue weighted by molar-refractivity contribution is -0.141. The van der Waals surface area contributed by atoms with Crippen LogP contribution in [0.3, 0.4) is 0 Å². The van der Waals surface area contributed by atoms with Crippen LogP contribution >= 0.6 is 27.3 Å². The molecule has 1 aromatic heterocycles. The smallest absolute Gasteiger partial charge is 0.325 e. The van der Waals surface area contributed by atoms with Crippen LogP contribution in [0.15, 0.2) is 15.9 Å². The Morgan fingerprint density at radius 1 is 1.47 bits per heavy atom. The second-order valence-electron chi connectivity index (χ2n) is 3.03. The molecule has 0 fully saturated rings. The highest BCUT2D eigenvalue weighted by molar-refractivity contribution is 9.10. The number of ether oxygens (including phenoxy) is 1. The van der Waals surface area contributed by atoms with E-state index in [0.29, 0.717) is 13.2 Å². The number of halogens is 1. The lowest BCUT2D eigenvalue weighted by Crippen LogP contribution is -2.38. The molecule has 1 rings (SSSR count). The summed E-state index contributed by atoms with van der Waals surface area (Å²) in [4.78, 5) is 23.3. The van der Waals surface area contributed by atoms with Crippen molar-refractivity contribution >= 4 is 39.3 Å². The van der Waals surface area contributed by atoms with Gasteiger partial charge in [-0.3, -0.25) is 4.79 Å². The number of urea groups is 1. The van der Waals surface area contributed by atoms with Gasteiger partial charge >= 0.3 is 12.0 Å². The minimum Gasteiger partial charge on any atom is -0.465 e. The van der Waals surface area contributed by atoms with E-state index >= 15 is 0 Å². The van der Waals surface area contributed by atoms with E-state index in [4.69, 9.17) is 0 Å². The summed E-state index contributed by atoms with van der Waals surface area (Å²) >= 11 is 4.91. The monoisotopic (exact) mass is 320 g/mol. The Kier molecular flexibility index (Phi) is 5.99. The lowest BCUT2D eigenvalue weighted by Gasteiger charge is -2.06. The maximum absolute atomic E-state index is 11.3. The van der Waals surface area contributed by atoms with Gasteiger partial charge in [-0.25, -0.2) is 4.79 Å². The number of amides is 2. The van der Waals surface area contributed by atoms with Gasteiger partial charge in [-0.15, -0.1) is 11.3 Å². The third-order valence-corrected chi connectivity index (χ3v) is 3.73. The standard InChI is InChI=1S/C10H13BrN2O3S/c1-2-16-9(14)6-13-10(15)12-5-8-7(11)3-4-17-8/h3-4H,2,5-6H2,1H3,(H2,12,13,15). The van der Waals surface area contributed by atoms with Gasteiger partial charge in [0.1, 0.15) is 6.54 Å². The van der Waals surface area contributed by atoms with Gasteiger partial charge in [0.25, 0.3) is 0 Å². The molecule has 2 amide bonds. The van der Waals surface area contributed by atoms with Crippen molar-refractivity contribution in [1.29, 1.82) is 0 Å². The number of thiophene rings is 1. The van der Waals surface area contributed by atoms with Gasteiger partial charge in [0.05, 0.1) is 13.2 Å². The van der Waals surface area contributed by atoms with Crippen LogP contribution in [0.5, 0.6) is 0 Å². The maximum atomic E-state index is 11.3. The predicted octanol–water partition coefficient (Wildman–Crippen LogP) is 1.87. The molecule has 0 saturated carbocycles. The molecule has 0 aliphatic rings. The minimum absolute atomic E-state index is 0.120. The molecule has 0 saturated heterocycles. The summed E-state index contributed by atoms with van der Waals surface area (Å²) in [5.74, 6) is -0.444. The van der Waals surface area contributed by atoms with Crippen LogP contribution in [0.25, 0.3) is 0 Å². The second kappa shape index (κ2) is 7.29. The van der Waals surface area contributed by atoms with E-state index in [-0.39, 0.29) is 6.54 Å². The summed E-state index contributed by atoms with van der Waals surface area (Å²) in [7, 11) is 0. The zero-order chi connectivity index (χ0) is 12.7. The van der Waals surface area contributed by atoms with Gasteiger partial charge < -0.3 is 15.4 Å². The summed E-state index contributed by atoms with van der Waals surface area (Å²) < 4.78 is 5.64. The van der Waals surface area contributed by atoms with E-state index in [0.717, 1.165) is 9.35 Å². The number of esters is 1. The Labute approximate surface area is 112 Å². The molecule has 0 bridgehead atoms. The molecular formula is C10H13BrN2O3S. The van der Waals surface area contributed by atoms with Gasteiger partial charge in [0, 0.05) is 9.35 Å². The number of carbonyl (C=O) groups excluding carboxylic acids is 2. The fourth-order valence-corrected chi connectivity index (χ4v) is 2.47. The van der Waals surface area contributed by atoms with Crippen molar-refractivity contribution in [2.45, 2.75) is 13.5 Å². The van der Waals surface area contributed by atoms with Crippen LogP contribution in [0.2, 0.25) is 0 Å². The number of hydrogen-bond donors (Lipinski definition) is 2. The summed E-state index contributed by atoms with van der Waals surface area (Å²) in [5, 5.41) is 6.99. The molecule has 7 heteroatoms. The summed E-state index contributed by atoms with van der Waals surface area (Å²) in [5.41, 5.74) is 0. The van der Waals surface area contributed by atoms with E-state index < -0.39 is 12.0 Å². The molecule has 1 aromatic rings. The average Bonchev–Trinajstić information content (AvgIpc) is 2.70. The summed E-state index contributed by atoms with van der Waals surface area (Å²) in [6.07, 6.45) is 0. The predicted molar refractivity (Wildman–Crippen MR) is 68.9 cm³/mol. The van der Waals surface area contributed by atoms with E-state index in [9.17, 15) is 9.59 Å². The van der Waals surface area contributed by atoms with E-state index in [1.165, 1.54) is 0 Å². The molecule has 94 valence electrons. The Morgan fingerprint density at radius 2 is 2.24 bits per heavy atom. The molecule has 2 N–H and O–H groups in total. The zero-order valence-electron chi connectivity index (χ0n) is 9.29. The summed E-state index contributed by atoms with van der Waals surface area (Å²) in [6.45, 7) is 2.33. The largest absolute Gasteiger partial charge is 0.465 e.